The third-order valence-corrected chi connectivity index (χ3v) is 4.11. The quantitative estimate of drug-likeness (QED) is 0.813. The molecule has 1 aliphatic carbocycles. The van der Waals surface area contributed by atoms with Crippen LogP contribution in [0, 0.1) is 11.3 Å². The average Bonchev–Trinajstić information content (AvgIpc) is 2.97. The van der Waals surface area contributed by atoms with Gasteiger partial charge in [-0.3, -0.25) is 4.68 Å². The van der Waals surface area contributed by atoms with E-state index in [2.05, 4.69) is 28.7 Å². The summed E-state index contributed by atoms with van der Waals surface area (Å²) >= 11 is 1.72. The van der Waals surface area contributed by atoms with Crippen molar-refractivity contribution >= 4 is 11.3 Å². The lowest BCUT2D eigenvalue weighted by molar-refractivity contribution is 0.605. The highest BCUT2D eigenvalue weighted by Gasteiger charge is 2.21. The first-order valence-electron chi connectivity index (χ1n) is 5.89. The van der Waals surface area contributed by atoms with E-state index in [1.807, 2.05) is 4.68 Å². The van der Waals surface area contributed by atoms with Crippen LogP contribution < -0.4 is 0 Å². The van der Waals surface area contributed by atoms with E-state index >= 15 is 0 Å². The van der Waals surface area contributed by atoms with Gasteiger partial charge in [0.05, 0.1) is 10.9 Å². The summed E-state index contributed by atoms with van der Waals surface area (Å²) in [5.74, 6) is 0. The molecule has 1 aliphatic rings. The summed E-state index contributed by atoms with van der Waals surface area (Å²) in [6, 6.07) is 6.36. The Morgan fingerprint density at radius 2 is 2.29 bits per heavy atom. The first-order valence-corrected chi connectivity index (χ1v) is 6.77. The highest BCUT2D eigenvalue weighted by molar-refractivity contribution is 7.13. The molecule has 3 rings (SSSR count). The van der Waals surface area contributed by atoms with Crippen molar-refractivity contribution in [3.63, 3.8) is 0 Å². The molecular weight excluding hydrogens is 230 g/mol. The maximum Gasteiger partial charge on any atom is 0.128 e. The monoisotopic (exact) mass is 243 g/mol. The normalized spacial score (nSPS) is 14.3. The molecule has 86 valence electrons. The lowest BCUT2D eigenvalue weighted by atomic mass is 9.95. The molecule has 0 unspecified atom stereocenters. The van der Waals surface area contributed by atoms with Gasteiger partial charge in [0.1, 0.15) is 12.2 Å². The van der Waals surface area contributed by atoms with E-state index in [-0.39, 0.29) is 0 Å². The lowest BCUT2D eigenvalue weighted by Crippen LogP contribution is -2.08. The predicted molar refractivity (Wildman–Crippen MR) is 67.8 cm³/mol. The number of nitrogens with zero attached hydrogens (tertiary/aromatic N) is 3. The highest BCUT2D eigenvalue weighted by Crippen LogP contribution is 2.33. The molecule has 0 spiro atoms. The van der Waals surface area contributed by atoms with Crippen LogP contribution in [0.2, 0.25) is 0 Å². The second kappa shape index (κ2) is 4.34. The van der Waals surface area contributed by atoms with E-state index in [1.165, 1.54) is 29.0 Å². The Labute approximate surface area is 104 Å². The van der Waals surface area contributed by atoms with Gasteiger partial charge in [0.25, 0.3) is 0 Å². The van der Waals surface area contributed by atoms with Crippen molar-refractivity contribution < 1.29 is 0 Å². The van der Waals surface area contributed by atoms with E-state index in [0.717, 1.165) is 18.5 Å². The van der Waals surface area contributed by atoms with Crippen LogP contribution >= 0.6 is 11.3 Å². The van der Waals surface area contributed by atoms with Crippen molar-refractivity contribution in [1.82, 2.24) is 9.78 Å². The Kier molecular flexibility index (Phi) is 2.69. The van der Waals surface area contributed by atoms with E-state index in [1.54, 1.807) is 11.3 Å². The minimum atomic E-state index is 0.369. The van der Waals surface area contributed by atoms with Gasteiger partial charge in [0.15, 0.2) is 0 Å². The second-order valence-corrected chi connectivity index (χ2v) is 5.22. The summed E-state index contributed by atoms with van der Waals surface area (Å²) in [5.41, 5.74) is 3.75. The maximum atomic E-state index is 8.85. The van der Waals surface area contributed by atoms with E-state index < -0.39 is 0 Å². The molecular formula is C13H13N3S. The van der Waals surface area contributed by atoms with Crippen molar-refractivity contribution in [3.8, 4) is 16.6 Å². The van der Waals surface area contributed by atoms with Gasteiger partial charge in [-0.2, -0.15) is 10.4 Å². The molecule has 0 radical (unpaired) electrons. The molecule has 0 amide bonds. The molecule has 0 saturated heterocycles. The zero-order valence-corrected chi connectivity index (χ0v) is 10.3. The molecule has 0 aromatic carbocycles. The van der Waals surface area contributed by atoms with Gasteiger partial charge in [-0.15, -0.1) is 11.3 Å². The van der Waals surface area contributed by atoms with Crippen molar-refractivity contribution in [2.24, 2.45) is 0 Å². The van der Waals surface area contributed by atoms with Crippen LogP contribution in [0.5, 0.6) is 0 Å². The van der Waals surface area contributed by atoms with Crippen molar-refractivity contribution in [3.05, 3.63) is 28.8 Å². The number of nitriles is 1. The fraction of sp³-hybridized carbons (Fsp3) is 0.385. The Morgan fingerprint density at radius 1 is 1.41 bits per heavy atom. The fourth-order valence-corrected chi connectivity index (χ4v) is 3.22. The molecule has 4 heteroatoms. The van der Waals surface area contributed by atoms with Crippen LogP contribution in [0.1, 0.15) is 24.1 Å². The van der Waals surface area contributed by atoms with Gasteiger partial charge < -0.3 is 0 Å². The van der Waals surface area contributed by atoms with E-state index in [0.29, 0.717) is 6.54 Å². The van der Waals surface area contributed by atoms with Crippen LogP contribution in [0.3, 0.4) is 0 Å². The number of rotatable bonds is 2. The summed E-state index contributed by atoms with van der Waals surface area (Å²) < 4.78 is 1.89. The smallest absolute Gasteiger partial charge is 0.128 e. The van der Waals surface area contributed by atoms with Gasteiger partial charge in [-0.25, -0.2) is 0 Å². The zero-order chi connectivity index (χ0) is 11.7. The molecule has 0 bridgehead atoms. The van der Waals surface area contributed by atoms with Gasteiger partial charge in [0.2, 0.25) is 0 Å². The van der Waals surface area contributed by atoms with Crippen molar-refractivity contribution in [2.45, 2.75) is 32.2 Å². The van der Waals surface area contributed by atoms with Gasteiger partial charge >= 0.3 is 0 Å². The summed E-state index contributed by atoms with van der Waals surface area (Å²) in [6.07, 6.45) is 4.63. The van der Waals surface area contributed by atoms with Crippen LogP contribution in [0.15, 0.2) is 17.5 Å². The first-order chi connectivity index (χ1) is 8.40. The summed E-state index contributed by atoms with van der Waals surface area (Å²) in [5, 5.41) is 15.6. The average molecular weight is 243 g/mol. The van der Waals surface area contributed by atoms with Crippen LogP contribution in [-0.2, 0) is 19.4 Å². The van der Waals surface area contributed by atoms with Crippen molar-refractivity contribution in [2.75, 3.05) is 0 Å². The second-order valence-electron chi connectivity index (χ2n) is 4.27. The highest BCUT2D eigenvalue weighted by atomic mass is 32.1. The largest absolute Gasteiger partial charge is 0.254 e. The minimum Gasteiger partial charge on any atom is -0.254 e. The zero-order valence-electron chi connectivity index (χ0n) is 9.52. The van der Waals surface area contributed by atoms with Gasteiger partial charge in [-0.1, -0.05) is 6.07 Å². The van der Waals surface area contributed by atoms with Gasteiger partial charge in [0, 0.05) is 11.3 Å². The third kappa shape index (κ3) is 1.77. The third-order valence-electron chi connectivity index (χ3n) is 3.23. The van der Waals surface area contributed by atoms with Gasteiger partial charge in [-0.05, 0) is 37.1 Å². The van der Waals surface area contributed by atoms with Crippen LogP contribution in [0.25, 0.3) is 10.6 Å². The number of thiophene rings is 1. The topological polar surface area (TPSA) is 41.6 Å². The predicted octanol–water partition coefficient (Wildman–Crippen LogP) is 3.01. The summed E-state index contributed by atoms with van der Waals surface area (Å²) in [7, 11) is 0. The van der Waals surface area contributed by atoms with Crippen LogP contribution in [0.4, 0.5) is 0 Å². The molecule has 0 saturated carbocycles. The number of aromatic nitrogens is 2. The molecule has 2 aromatic heterocycles. The summed E-state index contributed by atoms with van der Waals surface area (Å²) in [4.78, 5) is 1.22. The van der Waals surface area contributed by atoms with E-state index in [4.69, 9.17) is 5.26 Å². The molecule has 0 fully saturated rings. The summed E-state index contributed by atoms with van der Waals surface area (Å²) in [6.45, 7) is 0.369. The Morgan fingerprint density at radius 3 is 3.06 bits per heavy atom. The number of fused-ring (bicyclic) bond motifs is 1. The molecule has 2 heterocycles. The van der Waals surface area contributed by atoms with Crippen molar-refractivity contribution in [1.29, 1.82) is 5.26 Å². The standard InChI is InChI=1S/C13H13N3S/c14-7-8-16-11-5-2-1-4-10(11)13(15-16)12-6-3-9-17-12/h3,6,9H,1-2,4-5,8H2. The Bertz CT molecular complexity index is 560. The fourth-order valence-electron chi connectivity index (χ4n) is 2.48. The molecule has 0 atom stereocenters. The minimum absolute atomic E-state index is 0.369. The number of hydrogen-bond acceptors (Lipinski definition) is 3. The number of hydrogen-bond donors (Lipinski definition) is 0. The Balaban J connectivity index is 2.13. The maximum absolute atomic E-state index is 8.85. The molecule has 17 heavy (non-hydrogen) atoms. The molecule has 0 N–H and O–H groups in total. The Hall–Kier alpha value is -1.60. The molecule has 0 aliphatic heterocycles. The van der Waals surface area contributed by atoms with E-state index in [9.17, 15) is 0 Å². The molecule has 2 aromatic rings. The first kappa shape index (κ1) is 10.5. The lowest BCUT2D eigenvalue weighted by Gasteiger charge is -2.12. The van der Waals surface area contributed by atoms with Crippen LogP contribution in [-0.4, -0.2) is 9.78 Å². The SMILES string of the molecule is N#CCn1nc(-c2cccs2)c2c1CCCC2. The molecule has 3 nitrogen and oxygen atoms in total.